The molecule has 0 bridgehead atoms. The van der Waals surface area contributed by atoms with Gasteiger partial charge in [-0.15, -0.1) is 0 Å². The van der Waals surface area contributed by atoms with Crippen molar-refractivity contribution < 1.29 is 19.7 Å². The Morgan fingerprint density at radius 2 is 2.29 bits per heavy atom. The van der Waals surface area contributed by atoms with Crippen LogP contribution >= 0.6 is 0 Å². The van der Waals surface area contributed by atoms with E-state index >= 15 is 0 Å². The number of hydrogen-bond donors (Lipinski definition) is 3. The van der Waals surface area contributed by atoms with E-state index in [0.717, 1.165) is 5.56 Å². The van der Waals surface area contributed by atoms with Crippen molar-refractivity contribution in [3.8, 4) is 5.75 Å². The molecule has 0 saturated heterocycles. The lowest BCUT2D eigenvalue weighted by atomic mass is 10.2. The van der Waals surface area contributed by atoms with Gasteiger partial charge in [0.15, 0.2) is 6.61 Å². The Balaban J connectivity index is 2.45. The molecule has 1 unspecified atom stereocenters. The van der Waals surface area contributed by atoms with E-state index in [9.17, 15) is 4.79 Å². The van der Waals surface area contributed by atoms with Crippen LogP contribution < -0.4 is 10.1 Å². The Bertz CT molecular complexity index is 365. The van der Waals surface area contributed by atoms with E-state index in [1.54, 1.807) is 25.1 Å². The fourth-order valence-electron chi connectivity index (χ4n) is 1.32. The van der Waals surface area contributed by atoms with Gasteiger partial charge in [-0.2, -0.15) is 0 Å². The lowest BCUT2D eigenvalue weighted by Gasteiger charge is -2.08. The van der Waals surface area contributed by atoms with E-state index < -0.39 is 5.97 Å². The molecule has 0 aromatic heterocycles. The van der Waals surface area contributed by atoms with Crippen molar-refractivity contribution in [3.05, 3.63) is 29.8 Å². The SMILES string of the molecule is CC(O)CNCc1cccc(OCC(=O)O)c1. The zero-order valence-electron chi connectivity index (χ0n) is 9.72. The Hall–Kier alpha value is -1.59. The first-order chi connectivity index (χ1) is 8.08. The summed E-state index contributed by atoms with van der Waals surface area (Å²) in [5, 5.41) is 20.6. The number of aliphatic hydroxyl groups is 1. The van der Waals surface area contributed by atoms with Gasteiger partial charge in [0.2, 0.25) is 0 Å². The largest absolute Gasteiger partial charge is 0.482 e. The molecular weight excluding hydrogens is 222 g/mol. The second kappa shape index (κ2) is 6.88. The molecule has 0 saturated carbocycles. The van der Waals surface area contributed by atoms with Gasteiger partial charge in [0.05, 0.1) is 6.10 Å². The molecule has 5 heteroatoms. The minimum atomic E-state index is -0.998. The number of carboxylic acids is 1. The monoisotopic (exact) mass is 239 g/mol. The third-order valence-corrected chi connectivity index (χ3v) is 2.03. The highest BCUT2D eigenvalue weighted by Crippen LogP contribution is 2.13. The van der Waals surface area contributed by atoms with Gasteiger partial charge in [-0.3, -0.25) is 0 Å². The fraction of sp³-hybridized carbons (Fsp3) is 0.417. The van der Waals surface area contributed by atoms with Gasteiger partial charge in [-0.1, -0.05) is 12.1 Å². The number of ether oxygens (including phenoxy) is 1. The van der Waals surface area contributed by atoms with Crippen LogP contribution in [0.2, 0.25) is 0 Å². The molecule has 17 heavy (non-hydrogen) atoms. The van der Waals surface area contributed by atoms with Gasteiger partial charge in [0.25, 0.3) is 0 Å². The third-order valence-electron chi connectivity index (χ3n) is 2.03. The fourth-order valence-corrected chi connectivity index (χ4v) is 1.32. The highest BCUT2D eigenvalue weighted by Gasteiger charge is 2.01. The summed E-state index contributed by atoms with van der Waals surface area (Å²) in [7, 11) is 0. The molecule has 0 aliphatic carbocycles. The molecule has 0 spiro atoms. The van der Waals surface area contributed by atoms with Gasteiger partial charge >= 0.3 is 5.97 Å². The predicted octanol–water partition coefficient (Wildman–Crippen LogP) is 0.620. The van der Waals surface area contributed by atoms with Crippen molar-refractivity contribution >= 4 is 5.97 Å². The van der Waals surface area contributed by atoms with Crippen molar-refractivity contribution in [1.82, 2.24) is 5.32 Å². The maximum absolute atomic E-state index is 10.3. The predicted molar refractivity (Wildman–Crippen MR) is 63.0 cm³/mol. The normalized spacial score (nSPS) is 12.1. The molecule has 1 rings (SSSR count). The molecule has 0 heterocycles. The van der Waals surface area contributed by atoms with Gasteiger partial charge in [0.1, 0.15) is 5.75 Å². The van der Waals surface area contributed by atoms with Crippen molar-refractivity contribution in [2.45, 2.75) is 19.6 Å². The molecule has 0 fully saturated rings. The highest BCUT2D eigenvalue weighted by atomic mass is 16.5. The first kappa shape index (κ1) is 13.5. The maximum Gasteiger partial charge on any atom is 0.341 e. The molecular formula is C12H17NO4. The Morgan fingerprint density at radius 3 is 2.94 bits per heavy atom. The number of aliphatic carboxylic acids is 1. The quantitative estimate of drug-likeness (QED) is 0.650. The molecule has 1 atom stereocenters. The van der Waals surface area contributed by atoms with E-state index in [4.69, 9.17) is 14.9 Å². The van der Waals surface area contributed by atoms with Crippen LogP contribution in [0.25, 0.3) is 0 Å². The number of aliphatic hydroxyl groups excluding tert-OH is 1. The highest BCUT2D eigenvalue weighted by molar-refractivity contribution is 5.68. The van der Waals surface area contributed by atoms with Crippen LogP contribution in [0.3, 0.4) is 0 Å². The zero-order valence-corrected chi connectivity index (χ0v) is 9.72. The molecule has 0 amide bonds. The Morgan fingerprint density at radius 1 is 1.53 bits per heavy atom. The van der Waals surface area contributed by atoms with Gasteiger partial charge < -0.3 is 20.3 Å². The summed E-state index contributed by atoms with van der Waals surface area (Å²) in [6.45, 7) is 2.49. The van der Waals surface area contributed by atoms with E-state index in [2.05, 4.69) is 5.32 Å². The molecule has 0 radical (unpaired) electrons. The smallest absolute Gasteiger partial charge is 0.341 e. The standard InChI is InChI=1S/C12H17NO4/c1-9(14)6-13-7-10-3-2-4-11(5-10)17-8-12(15)16/h2-5,9,13-14H,6-8H2,1H3,(H,15,16). The van der Waals surface area contributed by atoms with Crippen molar-refractivity contribution in [2.75, 3.05) is 13.2 Å². The lowest BCUT2D eigenvalue weighted by Crippen LogP contribution is -2.23. The number of hydrogen-bond acceptors (Lipinski definition) is 4. The lowest BCUT2D eigenvalue weighted by molar-refractivity contribution is -0.139. The summed E-state index contributed by atoms with van der Waals surface area (Å²) in [6.07, 6.45) is -0.388. The average molecular weight is 239 g/mol. The Labute approximate surface area is 100 Å². The first-order valence-corrected chi connectivity index (χ1v) is 5.40. The van der Waals surface area contributed by atoms with Crippen molar-refractivity contribution in [2.24, 2.45) is 0 Å². The van der Waals surface area contributed by atoms with E-state index in [-0.39, 0.29) is 12.7 Å². The van der Waals surface area contributed by atoms with Crippen LogP contribution in [-0.2, 0) is 11.3 Å². The molecule has 1 aromatic rings. The number of carbonyl (C=O) groups is 1. The van der Waals surface area contributed by atoms with Gasteiger partial charge in [-0.25, -0.2) is 4.79 Å². The molecule has 5 nitrogen and oxygen atoms in total. The van der Waals surface area contributed by atoms with E-state index in [1.165, 1.54) is 0 Å². The minimum absolute atomic E-state index is 0.343. The van der Waals surface area contributed by atoms with Crippen molar-refractivity contribution in [1.29, 1.82) is 0 Å². The maximum atomic E-state index is 10.3. The second-order valence-corrected chi connectivity index (χ2v) is 3.81. The van der Waals surface area contributed by atoms with Gasteiger partial charge in [0, 0.05) is 13.1 Å². The first-order valence-electron chi connectivity index (χ1n) is 5.40. The summed E-state index contributed by atoms with van der Waals surface area (Å²) < 4.78 is 5.06. The minimum Gasteiger partial charge on any atom is -0.482 e. The summed E-state index contributed by atoms with van der Waals surface area (Å²) in [5.41, 5.74) is 0.980. The number of benzene rings is 1. The van der Waals surface area contributed by atoms with E-state index in [1.807, 2.05) is 6.07 Å². The number of carboxylic acid groups (broad SMARTS) is 1. The second-order valence-electron chi connectivity index (χ2n) is 3.81. The van der Waals surface area contributed by atoms with Crippen LogP contribution in [0.1, 0.15) is 12.5 Å². The third kappa shape index (κ3) is 5.89. The summed E-state index contributed by atoms with van der Waals surface area (Å²) >= 11 is 0. The molecule has 1 aromatic carbocycles. The van der Waals surface area contributed by atoms with E-state index in [0.29, 0.717) is 18.8 Å². The number of rotatable bonds is 7. The summed E-state index contributed by atoms with van der Waals surface area (Å²) in [6, 6.07) is 7.19. The Kier molecular flexibility index (Phi) is 5.45. The molecule has 94 valence electrons. The van der Waals surface area contributed by atoms with Crippen LogP contribution in [0, 0.1) is 0 Å². The zero-order chi connectivity index (χ0) is 12.7. The van der Waals surface area contributed by atoms with Crippen LogP contribution in [0.15, 0.2) is 24.3 Å². The number of nitrogens with one attached hydrogen (secondary N) is 1. The van der Waals surface area contributed by atoms with Crippen LogP contribution in [0.5, 0.6) is 5.75 Å². The average Bonchev–Trinajstić information content (AvgIpc) is 2.26. The topological polar surface area (TPSA) is 78.8 Å². The van der Waals surface area contributed by atoms with Crippen LogP contribution in [0.4, 0.5) is 0 Å². The van der Waals surface area contributed by atoms with Gasteiger partial charge in [-0.05, 0) is 24.6 Å². The molecule has 0 aliphatic rings. The van der Waals surface area contributed by atoms with Crippen molar-refractivity contribution in [3.63, 3.8) is 0 Å². The molecule has 3 N–H and O–H groups in total. The summed E-state index contributed by atoms with van der Waals surface area (Å²) in [5.74, 6) is -0.466. The van der Waals surface area contributed by atoms with Crippen LogP contribution in [-0.4, -0.2) is 35.4 Å². The summed E-state index contributed by atoms with van der Waals surface area (Å²) in [4.78, 5) is 10.3. The molecule has 0 aliphatic heterocycles.